The molecule has 0 bridgehead atoms. The third-order valence-corrected chi connectivity index (χ3v) is 4.51. The van der Waals surface area contributed by atoms with E-state index < -0.39 is 0 Å². The summed E-state index contributed by atoms with van der Waals surface area (Å²) in [5.41, 5.74) is 0. The zero-order chi connectivity index (χ0) is 18.4. The van der Waals surface area contributed by atoms with Gasteiger partial charge in [-0.1, -0.05) is 34.2 Å². The molecule has 2 aromatic rings. The zero-order valence-electron chi connectivity index (χ0n) is 14.4. The Bertz CT molecular complexity index is 763. The van der Waals surface area contributed by atoms with Gasteiger partial charge in [0.05, 0.1) is 20.8 Å². The largest absolute Gasteiger partial charge is 0.490 e. The molecule has 0 aliphatic rings. The van der Waals surface area contributed by atoms with Crippen molar-refractivity contribution < 1.29 is 23.7 Å². The second kappa shape index (κ2) is 9.33. The third-order valence-electron chi connectivity index (χ3n) is 3.52. The SMILES string of the molecule is CCOc1c(OC)c(OC)c(OC(=O)CCCI)c2cc(Cl)ccc12. The van der Waals surface area contributed by atoms with Crippen molar-refractivity contribution in [1.82, 2.24) is 0 Å². The van der Waals surface area contributed by atoms with E-state index >= 15 is 0 Å². The van der Waals surface area contributed by atoms with Gasteiger partial charge in [0.15, 0.2) is 11.5 Å². The van der Waals surface area contributed by atoms with E-state index in [-0.39, 0.29) is 5.97 Å². The Morgan fingerprint density at radius 2 is 1.76 bits per heavy atom. The van der Waals surface area contributed by atoms with Gasteiger partial charge >= 0.3 is 5.97 Å². The second-order valence-electron chi connectivity index (χ2n) is 5.11. The van der Waals surface area contributed by atoms with Gasteiger partial charge in [-0.2, -0.15) is 0 Å². The molecule has 0 radical (unpaired) electrons. The molecule has 0 saturated heterocycles. The highest BCUT2D eigenvalue weighted by molar-refractivity contribution is 14.1. The van der Waals surface area contributed by atoms with Crippen LogP contribution >= 0.6 is 34.2 Å². The Labute approximate surface area is 165 Å². The molecule has 0 spiro atoms. The molecule has 7 heteroatoms. The molecular formula is C18H20ClIO5. The Kier molecular flexibility index (Phi) is 7.43. The van der Waals surface area contributed by atoms with Gasteiger partial charge < -0.3 is 18.9 Å². The lowest BCUT2D eigenvalue weighted by Crippen LogP contribution is -2.10. The molecule has 0 heterocycles. The number of benzene rings is 2. The van der Waals surface area contributed by atoms with Crippen LogP contribution in [0.15, 0.2) is 18.2 Å². The summed E-state index contributed by atoms with van der Waals surface area (Å²) in [4.78, 5) is 12.2. The fraction of sp³-hybridized carbons (Fsp3) is 0.389. The number of fused-ring (bicyclic) bond motifs is 1. The van der Waals surface area contributed by atoms with E-state index in [4.69, 9.17) is 30.5 Å². The van der Waals surface area contributed by atoms with Gasteiger partial charge in [-0.15, -0.1) is 0 Å². The Morgan fingerprint density at radius 1 is 1.08 bits per heavy atom. The predicted octanol–water partition coefficient (Wildman–Crippen LogP) is 5.03. The van der Waals surface area contributed by atoms with Gasteiger partial charge in [0.1, 0.15) is 0 Å². The van der Waals surface area contributed by atoms with E-state index in [9.17, 15) is 4.79 Å². The van der Waals surface area contributed by atoms with Crippen molar-refractivity contribution in [2.75, 3.05) is 25.3 Å². The number of carbonyl (C=O) groups excluding carboxylic acids is 1. The standard InChI is InChI=1S/C18H20ClIO5/c1-4-24-15-12-8-7-11(19)10-13(12)16(18(23-3)17(15)22-2)25-14(21)6-5-9-20/h7-8,10H,4-6,9H2,1-3H3. The molecular weight excluding hydrogens is 459 g/mol. The molecule has 2 aromatic carbocycles. The van der Waals surface area contributed by atoms with Crippen molar-refractivity contribution in [3.63, 3.8) is 0 Å². The number of ether oxygens (including phenoxy) is 4. The van der Waals surface area contributed by atoms with Crippen LogP contribution < -0.4 is 18.9 Å². The normalized spacial score (nSPS) is 10.6. The monoisotopic (exact) mass is 478 g/mol. The number of esters is 1. The van der Waals surface area contributed by atoms with Crippen molar-refractivity contribution in [2.24, 2.45) is 0 Å². The highest BCUT2D eigenvalue weighted by atomic mass is 127. The summed E-state index contributed by atoms with van der Waals surface area (Å²) in [5, 5.41) is 1.89. The number of alkyl halides is 1. The molecule has 0 atom stereocenters. The van der Waals surface area contributed by atoms with Crippen molar-refractivity contribution in [2.45, 2.75) is 19.8 Å². The molecule has 25 heavy (non-hydrogen) atoms. The Morgan fingerprint density at radius 3 is 2.36 bits per heavy atom. The first-order valence-corrected chi connectivity index (χ1v) is 9.74. The molecule has 0 amide bonds. The number of halogens is 2. The van der Waals surface area contributed by atoms with Gasteiger partial charge in [-0.25, -0.2) is 0 Å². The summed E-state index contributed by atoms with van der Waals surface area (Å²) in [7, 11) is 3.01. The van der Waals surface area contributed by atoms with Crippen molar-refractivity contribution in [3.8, 4) is 23.0 Å². The molecule has 0 fully saturated rings. The summed E-state index contributed by atoms with van der Waals surface area (Å²) >= 11 is 8.38. The first-order valence-electron chi connectivity index (χ1n) is 7.83. The first kappa shape index (κ1) is 19.9. The van der Waals surface area contributed by atoms with E-state index in [1.807, 2.05) is 13.0 Å². The molecule has 0 aliphatic heterocycles. The second-order valence-corrected chi connectivity index (χ2v) is 6.63. The smallest absolute Gasteiger partial charge is 0.311 e. The summed E-state index contributed by atoms with van der Waals surface area (Å²) in [6.45, 7) is 2.33. The number of hydrogen-bond acceptors (Lipinski definition) is 5. The molecule has 2 rings (SSSR count). The van der Waals surface area contributed by atoms with Crippen molar-refractivity contribution in [3.05, 3.63) is 23.2 Å². The molecule has 5 nitrogen and oxygen atoms in total. The minimum Gasteiger partial charge on any atom is -0.490 e. The third kappa shape index (κ3) is 4.41. The summed E-state index contributed by atoms with van der Waals surface area (Å²) < 4.78 is 23.2. The predicted molar refractivity (Wildman–Crippen MR) is 107 cm³/mol. The average molecular weight is 479 g/mol. The maximum Gasteiger partial charge on any atom is 0.311 e. The first-order chi connectivity index (χ1) is 12.1. The van der Waals surface area contributed by atoms with Crippen LogP contribution in [0.2, 0.25) is 5.02 Å². The van der Waals surface area contributed by atoms with Crippen LogP contribution in [0.1, 0.15) is 19.8 Å². The number of rotatable bonds is 8. The maximum absolute atomic E-state index is 12.2. The summed E-state index contributed by atoms with van der Waals surface area (Å²) in [6.07, 6.45) is 1.07. The van der Waals surface area contributed by atoms with E-state index in [2.05, 4.69) is 22.6 Å². The van der Waals surface area contributed by atoms with Gasteiger partial charge in [0, 0.05) is 26.6 Å². The van der Waals surface area contributed by atoms with Crippen LogP contribution in [0.5, 0.6) is 23.0 Å². The molecule has 0 N–H and O–H groups in total. The molecule has 136 valence electrons. The Hall–Kier alpha value is -1.41. The topological polar surface area (TPSA) is 54.0 Å². The van der Waals surface area contributed by atoms with Gasteiger partial charge in [0.2, 0.25) is 11.5 Å². The van der Waals surface area contributed by atoms with Crippen LogP contribution in [0.4, 0.5) is 0 Å². The molecule has 0 saturated carbocycles. The summed E-state index contributed by atoms with van der Waals surface area (Å²) in [5.74, 6) is 1.18. The fourth-order valence-electron chi connectivity index (χ4n) is 2.49. The van der Waals surface area contributed by atoms with Gasteiger partial charge in [-0.05, 0) is 31.5 Å². The van der Waals surface area contributed by atoms with Crippen LogP contribution in [0.25, 0.3) is 10.8 Å². The Balaban J connectivity index is 2.70. The highest BCUT2D eigenvalue weighted by Crippen LogP contribution is 2.51. The van der Waals surface area contributed by atoms with Gasteiger partial charge in [-0.3, -0.25) is 4.79 Å². The van der Waals surface area contributed by atoms with E-state index in [0.29, 0.717) is 46.4 Å². The van der Waals surface area contributed by atoms with Crippen LogP contribution in [-0.2, 0) is 4.79 Å². The highest BCUT2D eigenvalue weighted by Gasteiger charge is 2.25. The molecule has 0 aromatic heterocycles. The van der Waals surface area contributed by atoms with E-state index in [1.165, 1.54) is 14.2 Å². The van der Waals surface area contributed by atoms with E-state index in [1.54, 1.807) is 12.1 Å². The lowest BCUT2D eigenvalue weighted by Gasteiger charge is -2.19. The number of methoxy groups -OCH3 is 2. The van der Waals surface area contributed by atoms with Gasteiger partial charge in [0.25, 0.3) is 0 Å². The molecule has 0 aliphatic carbocycles. The van der Waals surface area contributed by atoms with Crippen LogP contribution in [0, 0.1) is 0 Å². The number of carbonyl (C=O) groups is 1. The fourth-order valence-corrected chi connectivity index (χ4v) is 3.04. The van der Waals surface area contributed by atoms with Crippen molar-refractivity contribution >= 4 is 50.9 Å². The lowest BCUT2D eigenvalue weighted by atomic mass is 10.1. The minimum atomic E-state index is -0.331. The minimum absolute atomic E-state index is 0.291. The summed E-state index contributed by atoms with van der Waals surface area (Å²) in [6, 6.07) is 5.29. The van der Waals surface area contributed by atoms with Crippen LogP contribution in [-0.4, -0.2) is 31.2 Å². The zero-order valence-corrected chi connectivity index (χ0v) is 17.3. The maximum atomic E-state index is 12.2. The average Bonchev–Trinajstić information content (AvgIpc) is 2.61. The number of hydrogen-bond donors (Lipinski definition) is 0. The van der Waals surface area contributed by atoms with Crippen molar-refractivity contribution in [1.29, 1.82) is 0 Å². The lowest BCUT2D eigenvalue weighted by molar-refractivity contribution is -0.134. The quantitative estimate of drug-likeness (QED) is 0.231. The van der Waals surface area contributed by atoms with Crippen LogP contribution in [0.3, 0.4) is 0 Å². The molecule has 0 unspecified atom stereocenters. The van der Waals surface area contributed by atoms with E-state index in [0.717, 1.165) is 16.2 Å².